The normalized spacial score (nSPS) is 22.1. The summed E-state index contributed by atoms with van der Waals surface area (Å²) in [6.45, 7) is 5.17. The van der Waals surface area contributed by atoms with Crippen LogP contribution in [0.5, 0.6) is 5.75 Å². The number of ether oxygens (including phenoxy) is 1. The van der Waals surface area contributed by atoms with Crippen molar-refractivity contribution in [3.63, 3.8) is 0 Å². The molecule has 9 heteroatoms. The number of rotatable bonds is 8. The molecule has 2 aliphatic heterocycles. The Hall–Kier alpha value is -2.58. The molecule has 8 nitrogen and oxygen atoms in total. The van der Waals surface area contributed by atoms with E-state index in [1.165, 1.54) is 6.42 Å². The highest BCUT2D eigenvalue weighted by Gasteiger charge is 2.45. The summed E-state index contributed by atoms with van der Waals surface area (Å²) < 4.78 is 5.24. The molecule has 0 spiro atoms. The van der Waals surface area contributed by atoms with E-state index in [9.17, 15) is 4.79 Å². The van der Waals surface area contributed by atoms with E-state index in [0.29, 0.717) is 47.1 Å². The largest absolute Gasteiger partial charge is 0.495 e. The molecule has 1 aromatic carbocycles. The van der Waals surface area contributed by atoms with Crippen LogP contribution in [-0.4, -0.2) is 55.7 Å². The molecule has 1 saturated carbocycles. The lowest BCUT2D eigenvalue weighted by Gasteiger charge is -2.23. The number of carbonyl (C=O) groups excluding carboxylic acids is 1. The molecule has 2 unspecified atom stereocenters. The Balaban J connectivity index is 1.31. The number of amides is 1. The molecule has 0 bridgehead atoms. The van der Waals surface area contributed by atoms with E-state index < -0.39 is 0 Å². The van der Waals surface area contributed by atoms with Crippen molar-refractivity contribution in [2.75, 3.05) is 50.1 Å². The maximum Gasteiger partial charge on any atom is 0.256 e. The van der Waals surface area contributed by atoms with Crippen molar-refractivity contribution < 1.29 is 9.53 Å². The quantitative estimate of drug-likeness (QED) is 0.546. The average molecular weight is 471 g/mol. The van der Waals surface area contributed by atoms with E-state index in [0.717, 1.165) is 56.4 Å². The fourth-order valence-electron chi connectivity index (χ4n) is 4.81. The van der Waals surface area contributed by atoms with Gasteiger partial charge in [-0.25, -0.2) is 4.98 Å². The van der Waals surface area contributed by atoms with Crippen LogP contribution in [0.3, 0.4) is 0 Å². The van der Waals surface area contributed by atoms with Gasteiger partial charge in [0.2, 0.25) is 5.95 Å². The van der Waals surface area contributed by atoms with Gasteiger partial charge in [0.1, 0.15) is 17.1 Å². The van der Waals surface area contributed by atoms with E-state index in [2.05, 4.69) is 25.8 Å². The van der Waals surface area contributed by atoms with Gasteiger partial charge in [0, 0.05) is 32.4 Å². The number of aromatic nitrogens is 2. The number of methoxy groups -OCH3 is 1. The zero-order chi connectivity index (χ0) is 22.8. The minimum Gasteiger partial charge on any atom is -0.495 e. The second kappa shape index (κ2) is 9.73. The Kier molecular flexibility index (Phi) is 6.55. The Labute approximate surface area is 199 Å². The summed E-state index contributed by atoms with van der Waals surface area (Å²) in [5.41, 5.74) is 1.45. The molecule has 3 aliphatic rings. The number of anilines is 2. The van der Waals surface area contributed by atoms with Crippen molar-refractivity contribution in [1.82, 2.24) is 20.6 Å². The fraction of sp³-hybridized carbons (Fsp3) is 0.542. The number of carbonyl (C=O) groups is 1. The third kappa shape index (κ3) is 5.17. The number of piperidine rings is 2. The number of halogens is 1. The van der Waals surface area contributed by atoms with Gasteiger partial charge in [-0.15, -0.1) is 0 Å². The fourth-order valence-corrected chi connectivity index (χ4v) is 5.09. The molecule has 1 aliphatic carbocycles. The first-order valence-corrected chi connectivity index (χ1v) is 12.2. The number of hydrogen-bond donors (Lipinski definition) is 3. The van der Waals surface area contributed by atoms with Gasteiger partial charge in [-0.2, -0.15) is 4.98 Å². The smallest absolute Gasteiger partial charge is 0.256 e. The summed E-state index contributed by atoms with van der Waals surface area (Å²) >= 11 is 6.28. The topological polar surface area (TPSA) is 91.4 Å². The number of hydrogen-bond acceptors (Lipinski definition) is 7. The molecule has 33 heavy (non-hydrogen) atoms. The van der Waals surface area contributed by atoms with Gasteiger partial charge in [-0.05, 0) is 67.8 Å². The maximum absolute atomic E-state index is 13.1. The standard InChI is InChI=1S/C24H31ClN6O2/c1-33-21-3-2-16(8-20(21)25)11-27-22-19(23(32)28-10-15-4-6-26-7-5-15)12-29-24(30-22)31-13-17-9-18(17)14-31/h2-3,8,12,15,17-18,26H,4-7,9-11,13-14H2,1H3,(H,28,32)(H,27,29,30). The second-order valence-corrected chi connectivity index (χ2v) is 9.73. The molecule has 1 aromatic heterocycles. The van der Waals surface area contributed by atoms with Gasteiger partial charge in [-0.1, -0.05) is 17.7 Å². The van der Waals surface area contributed by atoms with Gasteiger partial charge >= 0.3 is 0 Å². The lowest BCUT2D eigenvalue weighted by atomic mass is 9.98. The summed E-state index contributed by atoms with van der Waals surface area (Å²) in [7, 11) is 1.60. The minimum absolute atomic E-state index is 0.139. The van der Waals surface area contributed by atoms with Crippen LogP contribution >= 0.6 is 11.6 Å². The molecule has 176 valence electrons. The molecule has 2 saturated heterocycles. The molecule has 2 atom stereocenters. The van der Waals surface area contributed by atoms with Crippen LogP contribution in [0.1, 0.15) is 35.2 Å². The summed E-state index contributed by atoms with van der Waals surface area (Å²) in [4.78, 5) is 24.6. The van der Waals surface area contributed by atoms with Crippen molar-refractivity contribution in [2.45, 2.75) is 25.8 Å². The van der Waals surface area contributed by atoms with Crippen LogP contribution in [0.25, 0.3) is 0 Å². The van der Waals surface area contributed by atoms with Gasteiger partial charge in [-0.3, -0.25) is 4.79 Å². The predicted molar refractivity (Wildman–Crippen MR) is 129 cm³/mol. The summed E-state index contributed by atoms with van der Waals surface area (Å²) in [6.07, 6.45) is 5.14. The van der Waals surface area contributed by atoms with Crippen LogP contribution in [0.15, 0.2) is 24.4 Å². The van der Waals surface area contributed by atoms with E-state index in [1.54, 1.807) is 13.3 Å². The lowest BCUT2D eigenvalue weighted by Crippen LogP contribution is -2.36. The van der Waals surface area contributed by atoms with Crippen molar-refractivity contribution in [1.29, 1.82) is 0 Å². The molecule has 2 aromatic rings. The molecule has 0 radical (unpaired) electrons. The summed E-state index contributed by atoms with van der Waals surface area (Å²) in [5.74, 6) is 3.79. The van der Waals surface area contributed by atoms with Gasteiger partial charge < -0.3 is 25.6 Å². The van der Waals surface area contributed by atoms with Crippen molar-refractivity contribution in [2.24, 2.45) is 17.8 Å². The highest BCUT2D eigenvalue weighted by Crippen LogP contribution is 2.45. The highest BCUT2D eigenvalue weighted by atomic mass is 35.5. The first-order valence-electron chi connectivity index (χ1n) is 11.8. The molecule has 3 N–H and O–H groups in total. The predicted octanol–water partition coefficient (Wildman–Crippen LogP) is 2.94. The second-order valence-electron chi connectivity index (χ2n) is 9.32. The summed E-state index contributed by atoms with van der Waals surface area (Å²) in [5, 5.41) is 10.4. The zero-order valence-electron chi connectivity index (χ0n) is 18.9. The lowest BCUT2D eigenvalue weighted by molar-refractivity contribution is 0.0944. The van der Waals surface area contributed by atoms with E-state index in [4.69, 9.17) is 21.3 Å². The Bertz CT molecular complexity index is 1000. The monoisotopic (exact) mass is 470 g/mol. The van der Waals surface area contributed by atoms with Gasteiger partial charge in [0.05, 0.1) is 12.1 Å². The molecule has 1 amide bonds. The number of nitrogens with zero attached hydrogens (tertiary/aromatic N) is 3. The molecule has 3 heterocycles. The highest BCUT2D eigenvalue weighted by molar-refractivity contribution is 6.32. The van der Waals surface area contributed by atoms with Crippen molar-refractivity contribution >= 4 is 29.3 Å². The molecule has 3 fully saturated rings. The number of fused-ring (bicyclic) bond motifs is 1. The van der Waals surface area contributed by atoms with Crippen molar-refractivity contribution in [3.05, 3.63) is 40.5 Å². The van der Waals surface area contributed by atoms with Crippen LogP contribution in [0.4, 0.5) is 11.8 Å². The summed E-state index contributed by atoms with van der Waals surface area (Å²) in [6, 6.07) is 5.65. The first-order chi connectivity index (χ1) is 16.1. The Morgan fingerprint density at radius 2 is 2.06 bits per heavy atom. The Morgan fingerprint density at radius 1 is 1.27 bits per heavy atom. The van der Waals surface area contributed by atoms with Crippen LogP contribution < -0.4 is 25.6 Å². The van der Waals surface area contributed by atoms with E-state index in [-0.39, 0.29) is 5.91 Å². The van der Waals surface area contributed by atoms with E-state index in [1.807, 2.05) is 18.2 Å². The Morgan fingerprint density at radius 3 is 2.79 bits per heavy atom. The van der Waals surface area contributed by atoms with Crippen LogP contribution in [-0.2, 0) is 6.54 Å². The maximum atomic E-state index is 13.1. The molecular weight excluding hydrogens is 440 g/mol. The van der Waals surface area contributed by atoms with Gasteiger partial charge in [0.25, 0.3) is 5.91 Å². The SMILES string of the molecule is COc1ccc(CNc2nc(N3CC4CC4C3)ncc2C(=O)NCC2CCNCC2)cc1Cl. The minimum atomic E-state index is -0.139. The zero-order valence-corrected chi connectivity index (χ0v) is 19.7. The number of benzene rings is 1. The van der Waals surface area contributed by atoms with E-state index >= 15 is 0 Å². The average Bonchev–Trinajstić information content (AvgIpc) is 3.46. The third-order valence-electron chi connectivity index (χ3n) is 6.97. The third-order valence-corrected chi connectivity index (χ3v) is 7.26. The van der Waals surface area contributed by atoms with Crippen LogP contribution in [0.2, 0.25) is 5.02 Å². The molecular formula is C24H31ClN6O2. The van der Waals surface area contributed by atoms with Gasteiger partial charge in [0.15, 0.2) is 0 Å². The number of nitrogens with one attached hydrogen (secondary N) is 3. The molecule has 5 rings (SSSR count). The van der Waals surface area contributed by atoms with Crippen molar-refractivity contribution in [3.8, 4) is 5.75 Å². The first kappa shape index (κ1) is 22.2. The van der Waals surface area contributed by atoms with Crippen LogP contribution in [0, 0.1) is 17.8 Å².